The molecule has 0 unspecified atom stereocenters. The number of hydrogen-bond acceptors (Lipinski definition) is 6. The van der Waals surface area contributed by atoms with Gasteiger partial charge in [-0.2, -0.15) is 0 Å². The van der Waals surface area contributed by atoms with Gasteiger partial charge in [-0.05, 0) is 44.0 Å². The molecule has 3 rings (SSSR count). The maximum absolute atomic E-state index is 12.2. The van der Waals surface area contributed by atoms with Gasteiger partial charge in [0.15, 0.2) is 0 Å². The highest BCUT2D eigenvalue weighted by atomic mass is 16.5. The zero-order valence-electron chi connectivity index (χ0n) is 14.7. The van der Waals surface area contributed by atoms with Gasteiger partial charge in [0.1, 0.15) is 0 Å². The Labute approximate surface area is 152 Å². The van der Waals surface area contributed by atoms with Crippen molar-refractivity contribution in [2.75, 3.05) is 11.9 Å². The van der Waals surface area contributed by atoms with Crippen molar-refractivity contribution < 1.29 is 14.3 Å². The molecule has 0 spiro atoms. The van der Waals surface area contributed by atoms with E-state index in [2.05, 4.69) is 20.6 Å². The minimum Gasteiger partial charge on any atom is -0.462 e. The average Bonchev–Trinajstić information content (AvgIpc) is 3.16. The van der Waals surface area contributed by atoms with Gasteiger partial charge in [0, 0.05) is 24.1 Å². The fraction of sp³-hybridized carbons (Fsp3) is 0.368. The number of amides is 1. The SMILES string of the molecule is CCOC(=O)c1ccc(Nc2ncc(C(=O)NC3CCCC3)cn2)cc1. The highest BCUT2D eigenvalue weighted by Gasteiger charge is 2.18. The highest BCUT2D eigenvalue weighted by molar-refractivity contribution is 5.94. The van der Waals surface area contributed by atoms with Crippen molar-refractivity contribution in [3.63, 3.8) is 0 Å². The Kier molecular flexibility index (Phi) is 5.78. The number of nitrogens with one attached hydrogen (secondary N) is 2. The van der Waals surface area contributed by atoms with Gasteiger partial charge in [0.2, 0.25) is 5.95 Å². The van der Waals surface area contributed by atoms with Crippen molar-refractivity contribution in [1.29, 1.82) is 0 Å². The lowest BCUT2D eigenvalue weighted by molar-refractivity contribution is 0.0526. The Balaban J connectivity index is 1.58. The summed E-state index contributed by atoms with van der Waals surface area (Å²) in [6, 6.07) is 7.10. The molecule has 0 aliphatic heterocycles. The molecule has 2 N–H and O–H groups in total. The first-order chi connectivity index (χ1) is 12.7. The van der Waals surface area contributed by atoms with Crippen LogP contribution in [0.25, 0.3) is 0 Å². The molecule has 0 bridgehead atoms. The summed E-state index contributed by atoms with van der Waals surface area (Å²) in [5.41, 5.74) is 1.67. The van der Waals surface area contributed by atoms with Gasteiger partial charge in [-0.25, -0.2) is 14.8 Å². The molecular weight excluding hydrogens is 332 g/mol. The number of benzene rings is 1. The van der Waals surface area contributed by atoms with Crippen molar-refractivity contribution in [2.45, 2.75) is 38.6 Å². The number of carbonyl (C=O) groups excluding carboxylic acids is 2. The van der Waals surface area contributed by atoms with Crippen molar-refractivity contribution in [3.8, 4) is 0 Å². The number of anilines is 2. The topological polar surface area (TPSA) is 93.2 Å². The van der Waals surface area contributed by atoms with Gasteiger partial charge in [-0.1, -0.05) is 12.8 Å². The number of esters is 1. The summed E-state index contributed by atoms with van der Waals surface area (Å²) >= 11 is 0. The Hall–Kier alpha value is -2.96. The van der Waals surface area contributed by atoms with Gasteiger partial charge >= 0.3 is 5.97 Å². The maximum Gasteiger partial charge on any atom is 0.338 e. The summed E-state index contributed by atoms with van der Waals surface area (Å²) in [7, 11) is 0. The van der Waals surface area contributed by atoms with Gasteiger partial charge in [0.05, 0.1) is 17.7 Å². The first-order valence-corrected chi connectivity index (χ1v) is 8.83. The summed E-state index contributed by atoms with van der Waals surface area (Å²) in [5, 5.41) is 6.04. The monoisotopic (exact) mass is 354 g/mol. The average molecular weight is 354 g/mol. The lowest BCUT2D eigenvalue weighted by Gasteiger charge is -2.11. The van der Waals surface area contributed by atoms with Crippen molar-refractivity contribution >= 4 is 23.5 Å². The molecule has 7 heteroatoms. The van der Waals surface area contributed by atoms with E-state index >= 15 is 0 Å². The number of aromatic nitrogens is 2. The summed E-state index contributed by atoms with van der Waals surface area (Å²) < 4.78 is 4.95. The van der Waals surface area contributed by atoms with E-state index in [0.717, 1.165) is 18.5 Å². The van der Waals surface area contributed by atoms with Crippen molar-refractivity contribution in [1.82, 2.24) is 15.3 Å². The van der Waals surface area contributed by atoms with Crippen LogP contribution in [0.3, 0.4) is 0 Å². The lowest BCUT2D eigenvalue weighted by atomic mass is 10.2. The molecule has 1 aromatic heterocycles. The zero-order valence-corrected chi connectivity index (χ0v) is 14.7. The quantitative estimate of drug-likeness (QED) is 0.775. The maximum atomic E-state index is 12.2. The summed E-state index contributed by atoms with van der Waals surface area (Å²) in [6.45, 7) is 2.11. The van der Waals surface area contributed by atoms with Crippen LogP contribution in [0.5, 0.6) is 0 Å². The van der Waals surface area contributed by atoms with Crippen LogP contribution in [-0.2, 0) is 4.74 Å². The number of hydrogen-bond donors (Lipinski definition) is 2. The molecule has 7 nitrogen and oxygen atoms in total. The summed E-state index contributed by atoms with van der Waals surface area (Å²) in [4.78, 5) is 32.2. The molecule has 1 aliphatic carbocycles. The van der Waals surface area contributed by atoms with Crippen LogP contribution in [-0.4, -0.2) is 34.5 Å². The molecular formula is C19H22N4O3. The third-order valence-corrected chi connectivity index (χ3v) is 4.26. The Morgan fingerprint density at radius 3 is 2.35 bits per heavy atom. The van der Waals surface area contributed by atoms with E-state index in [-0.39, 0.29) is 17.9 Å². The second-order valence-electron chi connectivity index (χ2n) is 6.17. The molecule has 1 fully saturated rings. The molecule has 0 saturated heterocycles. The van der Waals surface area contributed by atoms with Crippen LogP contribution in [0.15, 0.2) is 36.7 Å². The third kappa shape index (κ3) is 4.56. The summed E-state index contributed by atoms with van der Waals surface area (Å²) in [5.74, 6) is -0.110. The van der Waals surface area contributed by atoms with Gasteiger partial charge < -0.3 is 15.4 Å². The van der Waals surface area contributed by atoms with Crippen LogP contribution in [0, 0.1) is 0 Å². The lowest BCUT2D eigenvalue weighted by Crippen LogP contribution is -2.32. The number of ether oxygens (including phenoxy) is 1. The van der Waals surface area contributed by atoms with Gasteiger partial charge in [-0.15, -0.1) is 0 Å². The smallest absolute Gasteiger partial charge is 0.338 e. The largest absolute Gasteiger partial charge is 0.462 e. The standard InChI is InChI=1S/C19H22N4O3/c1-2-26-18(25)13-7-9-16(10-8-13)23-19-20-11-14(12-21-19)17(24)22-15-5-3-4-6-15/h7-12,15H,2-6H2,1H3,(H,22,24)(H,20,21,23). The minimum atomic E-state index is -0.354. The van der Waals surface area contributed by atoms with Crippen LogP contribution in [0.4, 0.5) is 11.6 Å². The number of nitrogens with zero attached hydrogens (tertiary/aromatic N) is 2. The fourth-order valence-corrected chi connectivity index (χ4v) is 2.88. The fourth-order valence-electron chi connectivity index (χ4n) is 2.88. The minimum absolute atomic E-state index is 0.137. The van der Waals surface area contributed by atoms with E-state index < -0.39 is 0 Å². The molecule has 1 aromatic carbocycles. The zero-order chi connectivity index (χ0) is 18.4. The first kappa shape index (κ1) is 17.8. The highest BCUT2D eigenvalue weighted by Crippen LogP contribution is 2.18. The van der Waals surface area contributed by atoms with Crippen LogP contribution in [0.2, 0.25) is 0 Å². The molecule has 2 aromatic rings. The second kappa shape index (κ2) is 8.42. The van der Waals surface area contributed by atoms with E-state index in [1.54, 1.807) is 31.2 Å². The van der Waals surface area contributed by atoms with E-state index in [0.29, 0.717) is 23.7 Å². The molecule has 1 saturated carbocycles. The van der Waals surface area contributed by atoms with Crippen molar-refractivity contribution in [3.05, 3.63) is 47.8 Å². The van der Waals surface area contributed by atoms with Gasteiger partial charge in [0.25, 0.3) is 5.91 Å². The van der Waals surface area contributed by atoms with Crippen LogP contribution >= 0.6 is 0 Å². The molecule has 136 valence electrons. The molecule has 1 amide bonds. The normalized spacial score (nSPS) is 14.0. The third-order valence-electron chi connectivity index (χ3n) is 4.26. The van der Waals surface area contributed by atoms with E-state index in [1.807, 2.05) is 0 Å². The van der Waals surface area contributed by atoms with E-state index in [4.69, 9.17) is 4.74 Å². The van der Waals surface area contributed by atoms with Crippen LogP contribution in [0.1, 0.15) is 53.3 Å². The molecule has 1 aliphatic rings. The first-order valence-electron chi connectivity index (χ1n) is 8.83. The predicted octanol–water partition coefficient (Wildman–Crippen LogP) is 3.07. The predicted molar refractivity (Wildman–Crippen MR) is 97.4 cm³/mol. The molecule has 26 heavy (non-hydrogen) atoms. The Morgan fingerprint density at radius 1 is 1.08 bits per heavy atom. The second-order valence-corrected chi connectivity index (χ2v) is 6.17. The van der Waals surface area contributed by atoms with Crippen LogP contribution < -0.4 is 10.6 Å². The molecule has 0 atom stereocenters. The van der Waals surface area contributed by atoms with Gasteiger partial charge in [-0.3, -0.25) is 4.79 Å². The number of rotatable bonds is 6. The van der Waals surface area contributed by atoms with E-state index in [9.17, 15) is 9.59 Å². The summed E-state index contributed by atoms with van der Waals surface area (Å²) in [6.07, 6.45) is 7.42. The van der Waals surface area contributed by atoms with E-state index in [1.165, 1.54) is 25.2 Å². The molecule has 1 heterocycles. The Morgan fingerprint density at radius 2 is 1.73 bits per heavy atom. The molecule has 0 radical (unpaired) electrons. The van der Waals surface area contributed by atoms with Crippen molar-refractivity contribution in [2.24, 2.45) is 0 Å². The number of carbonyl (C=O) groups is 2. The Bertz CT molecular complexity index is 753.